The van der Waals surface area contributed by atoms with Crippen molar-refractivity contribution in [2.75, 3.05) is 39.0 Å². The Morgan fingerprint density at radius 1 is 1.11 bits per heavy atom. The molecule has 1 aliphatic rings. The number of hydrogen-bond donors (Lipinski definition) is 0. The fourth-order valence-electron chi connectivity index (χ4n) is 2.23. The van der Waals surface area contributed by atoms with Crippen LogP contribution in [0.2, 0.25) is 0 Å². The zero-order valence-corrected chi connectivity index (χ0v) is 13.0. The average molecular weight is 291 g/mol. The summed E-state index contributed by atoms with van der Waals surface area (Å²) >= 11 is 0. The van der Waals surface area contributed by atoms with Crippen molar-refractivity contribution in [1.82, 2.24) is 4.90 Å². The van der Waals surface area contributed by atoms with E-state index in [1.165, 1.54) is 0 Å². The van der Waals surface area contributed by atoms with Gasteiger partial charge in [0, 0.05) is 25.9 Å². The lowest BCUT2D eigenvalue weighted by Crippen LogP contribution is -2.34. The molecule has 0 aromatic rings. The minimum absolute atomic E-state index is 0.369. The van der Waals surface area contributed by atoms with E-state index in [1.54, 1.807) is 0 Å². The Morgan fingerprint density at radius 3 is 2.21 bits per heavy atom. The van der Waals surface area contributed by atoms with Crippen molar-refractivity contribution in [2.24, 2.45) is 0 Å². The second-order valence-corrected chi connectivity index (χ2v) is 6.94. The molecule has 1 fully saturated rings. The van der Waals surface area contributed by atoms with E-state index in [1.807, 2.05) is 13.8 Å². The minimum atomic E-state index is -2.87. The highest BCUT2D eigenvalue weighted by Crippen LogP contribution is 2.48. The van der Waals surface area contributed by atoms with E-state index in [9.17, 15) is 9.36 Å². The molecule has 0 aliphatic carbocycles. The molecule has 5 nitrogen and oxygen atoms in total. The van der Waals surface area contributed by atoms with E-state index in [-0.39, 0.29) is 0 Å². The van der Waals surface area contributed by atoms with E-state index < -0.39 is 7.60 Å². The molecule has 1 heterocycles. The summed E-state index contributed by atoms with van der Waals surface area (Å²) in [5.41, 5.74) is 0. The topological polar surface area (TPSA) is 55.8 Å². The molecule has 1 aliphatic heterocycles. The van der Waals surface area contributed by atoms with Crippen LogP contribution >= 0.6 is 7.60 Å². The first-order chi connectivity index (χ1) is 9.09. The summed E-state index contributed by atoms with van der Waals surface area (Å²) in [6, 6.07) is 0. The van der Waals surface area contributed by atoms with Crippen molar-refractivity contribution >= 4 is 13.4 Å². The Balaban J connectivity index is 2.18. The Bertz CT molecular complexity index is 302. The van der Waals surface area contributed by atoms with E-state index in [2.05, 4.69) is 4.90 Å². The molecule has 0 aromatic heterocycles. The second-order valence-electron chi connectivity index (χ2n) is 4.76. The van der Waals surface area contributed by atoms with Crippen LogP contribution in [0.15, 0.2) is 0 Å². The lowest BCUT2D eigenvalue weighted by molar-refractivity contribution is -0.121. The maximum Gasteiger partial charge on any atom is 0.330 e. The molecular formula is C13H26NO4P. The van der Waals surface area contributed by atoms with E-state index in [0.29, 0.717) is 38.0 Å². The predicted molar refractivity (Wildman–Crippen MR) is 75.6 cm³/mol. The standard InChI is InChI=1S/C13H26NO4P/c1-3-17-19(16,18-4-2)12-6-5-9-14-10-7-13(15)8-11-14/h3-12H2,1-2H3. The fourth-order valence-corrected chi connectivity index (χ4v) is 3.96. The highest BCUT2D eigenvalue weighted by atomic mass is 31.2. The van der Waals surface area contributed by atoms with E-state index in [0.717, 1.165) is 32.5 Å². The fraction of sp³-hybridized carbons (Fsp3) is 0.923. The number of carbonyl (C=O) groups is 1. The Kier molecular flexibility index (Phi) is 7.84. The van der Waals surface area contributed by atoms with Gasteiger partial charge in [0.25, 0.3) is 0 Å². The van der Waals surface area contributed by atoms with Gasteiger partial charge in [0.2, 0.25) is 0 Å². The molecule has 0 aromatic carbocycles. The summed E-state index contributed by atoms with van der Waals surface area (Å²) in [5, 5.41) is 0. The molecule has 0 bridgehead atoms. The first kappa shape index (κ1) is 16.8. The molecular weight excluding hydrogens is 265 g/mol. The lowest BCUT2D eigenvalue weighted by atomic mass is 10.1. The van der Waals surface area contributed by atoms with Crippen LogP contribution in [0.5, 0.6) is 0 Å². The van der Waals surface area contributed by atoms with Gasteiger partial charge in [-0.1, -0.05) is 0 Å². The molecule has 6 heteroatoms. The van der Waals surface area contributed by atoms with Crippen LogP contribution in [-0.2, 0) is 18.4 Å². The predicted octanol–water partition coefficient (Wildman–Crippen LogP) is 2.70. The van der Waals surface area contributed by atoms with Crippen molar-refractivity contribution in [3.05, 3.63) is 0 Å². The molecule has 1 rings (SSSR count). The van der Waals surface area contributed by atoms with Crippen molar-refractivity contribution < 1.29 is 18.4 Å². The van der Waals surface area contributed by atoms with E-state index >= 15 is 0 Å². The molecule has 0 amide bonds. The highest BCUT2D eigenvalue weighted by Gasteiger charge is 2.23. The molecule has 0 unspecified atom stereocenters. The highest BCUT2D eigenvalue weighted by molar-refractivity contribution is 7.53. The van der Waals surface area contributed by atoms with Gasteiger partial charge < -0.3 is 13.9 Å². The van der Waals surface area contributed by atoms with Gasteiger partial charge in [0.05, 0.1) is 19.4 Å². The largest absolute Gasteiger partial charge is 0.330 e. The summed E-state index contributed by atoms with van der Waals surface area (Å²) in [7, 11) is -2.87. The first-order valence-corrected chi connectivity index (χ1v) is 8.94. The van der Waals surface area contributed by atoms with Gasteiger partial charge in [-0.25, -0.2) is 0 Å². The summed E-state index contributed by atoms with van der Waals surface area (Å²) < 4.78 is 22.7. The normalized spacial score (nSPS) is 17.9. The van der Waals surface area contributed by atoms with Crippen LogP contribution in [0.4, 0.5) is 0 Å². The third-order valence-electron chi connectivity index (χ3n) is 3.22. The third kappa shape index (κ3) is 6.66. The number of carbonyl (C=O) groups excluding carboxylic acids is 1. The summed E-state index contributed by atoms with van der Waals surface area (Å²) in [6.07, 6.45) is 3.65. The second kappa shape index (κ2) is 8.85. The number of Topliss-reactive ketones (excluding diaryl/α,β-unsaturated/α-hetero) is 1. The lowest BCUT2D eigenvalue weighted by Gasteiger charge is -2.25. The molecule has 0 saturated carbocycles. The van der Waals surface area contributed by atoms with Gasteiger partial charge in [-0.3, -0.25) is 9.36 Å². The van der Waals surface area contributed by atoms with Gasteiger partial charge in [-0.15, -0.1) is 0 Å². The first-order valence-electron chi connectivity index (χ1n) is 7.22. The maximum atomic E-state index is 12.2. The van der Waals surface area contributed by atoms with E-state index in [4.69, 9.17) is 9.05 Å². The minimum Gasteiger partial charge on any atom is -0.309 e. The van der Waals surface area contributed by atoms with Crippen LogP contribution in [0.25, 0.3) is 0 Å². The zero-order chi connectivity index (χ0) is 14.1. The summed E-state index contributed by atoms with van der Waals surface area (Å²) in [6.45, 7) is 7.20. The van der Waals surface area contributed by atoms with Crippen molar-refractivity contribution in [3.63, 3.8) is 0 Å². The van der Waals surface area contributed by atoms with Crippen LogP contribution in [0.3, 0.4) is 0 Å². The van der Waals surface area contributed by atoms with Gasteiger partial charge in [-0.05, 0) is 33.2 Å². The van der Waals surface area contributed by atoms with Crippen LogP contribution in [0.1, 0.15) is 39.5 Å². The summed E-state index contributed by atoms with van der Waals surface area (Å²) in [4.78, 5) is 13.4. The van der Waals surface area contributed by atoms with Gasteiger partial charge in [0.1, 0.15) is 5.78 Å². The SMILES string of the molecule is CCOP(=O)(CCCCN1CCC(=O)CC1)OCC. The maximum absolute atomic E-state index is 12.2. The summed E-state index contributed by atoms with van der Waals surface area (Å²) in [5.74, 6) is 0.369. The van der Waals surface area contributed by atoms with Gasteiger partial charge in [0.15, 0.2) is 0 Å². The van der Waals surface area contributed by atoms with Crippen molar-refractivity contribution in [1.29, 1.82) is 0 Å². The molecule has 0 N–H and O–H groups in total. The smallest absolute Gasteiger partial charge is 0.309 e. The molecule has 19 heavy (non-hydrogen) atoms. The van der Waals surface area contributed by atoms with Crippen LogP contribution < -0.4 is 0 Å². The van der Waals surface area contributed by atoms with Crippen molar-refractivity contribution in [2.45, 2.75) is 39.5 Å². The molecule has 0 atom stereocenters. The molecule has 1 saturated heterocycles. The van der Waals surface area contributed by atoms with Gasteiger partial charge >= 0.3 is 7.60 Å². The number of piperidine rings is 1. The Morgan fingerprint density at radius 2 is 1.68 bits per heavy atom. The number of rotatable bonds is 9. The van der Waals surface area contributed by atoms with Gasteiger partial charge in [-0.2, -0.15) is 0 Å². The third-order valence-corrected chi connectivity index (χ3v) is 5.39. The number of nitrogens with zero attached hydrogens (tertiary/aromatic N) is 1. The quantitative estimate of drug-likeness (QED) is 0.483. The number of likely N-dealkylation sites (tertiary alicyclic amines) is 1. The monoisotopic (exact) mass is 291 g/mol. The number of unbranched alkanes of at least 4 members (excludes halogenated alkanes) is 1. The molecule has 112 valence electrons. The molecule has 0 radical (unpaired) electrons. The Labute approximate surface area is 116 Å². The van der Waals surface area contributed by atoms with Crippen molar-refractivity contribution in [3.8, 4) is 0 Å². The van der Waals surface area contributed by atoms with Crippen LogP contribution in [-0.4, -0.2) is 49.7 Å². The number of hydrogen-bond acceptors (Lipinski definition) is 5. The van der Waals surface area contributed by atoms with Crippen LogP contribution in [0, 0.1) is 0 Å². The zero-order valence-electron chi connectivity index (χ0n) is 12.1. The Hall–Kier alpha value is -0.220. The number of ketones is 1. The molecule has 0 spiro atoms. The average Bonchev–Trinajstić information content (AvgIpc) is 2.37.